The molecule has 3 N–H and O–H groups in total. The molecule has 0 fully saturated rings. The Balaban J connectivity index is 0.000000255. The Labute approximate surface area is 326 Å². The van der Waals surface area contributed by atoms with Crippen LogP contribution in [-0.2, 0) is 5.41 Å². The molecule has 0 bridgehead atoms. The van der Waals surface area contributed by atoms with E-state index in [9.17, 15) is 0 Å². The monoisotopic (exact) mass is 716 g/mol. The molecule has 0 atom stereocenters. The second-order valence-corrected chi connectivity index (χ2v) is 13.3. The lowest BCUT2D eigenvalue weighted by Gasteiger charge is -2.39. The summed E-state index contributed by atoms with van der Waals surface area (Å²) < 4.78 is 6.41. The zero-order chi connectivity index (χ0) is 38.3. The number of benzene rings is 5. The second kappa shape index (κ2) is 18.9. The van der Waals surface area contributed by atoms with Crippen molar-refractivity contribution in [2.45, 2.75) is 26.2 Å². The van der Waals surface area contributed by atoms with Crippen LogP contribution in [0.2, 0.25) is 0 Å². The molecule has 55 heavy (non-hydrogen) atoms. The zero-order valence-electron chi connectivity index (χ0n) is 31.8. The Morgan fingerprint density at radius 1 is 0.600 bits per heavy atom. The minimum atomic E-state index is -0.414. The third-order valence-corrected chi connectivity index (χ3v) is 9.68. The van der Waals surface area contributed by atoms with Crippen LogP contribution in [0.25, 0.3) is 22.0 Å². The summed E-state index contributed by atoms with van der Waals surface area (Å²) in [5.41, 5.74) is 11.4. The molecular formula is C52H48N2O. The zero-order valence-corrected chi connectivity index (χ0v) is 31.8. The Morgan fingerprint density at radius 3 is 1.95 bits per heavy atom. The molecule has 1 aliphatic heterocycles. The molecule has 0 amide bonds. The minimum Gasteiger partial charge on any atom is -0.457 e. The average Bonchev–Trinajstić information content (AvgIpc) is 3.22. The molecule has 0 saturated carbocycles. The van der Waals surface area contributed by atoms with Crippen LogP contribution in [0.3, 0.4) is 0 Å². The third kappa shape index (κ3) is 9.10. The van der Waals surface area contributed by atoms with Crippen molar-refractivity contribution in [3.63, 3.8) is 0 Å². The lowest BCUT2D eigenvalue weighted by atomic mass is 9.66. The standard InChI is InChI=1S/C37H30O.C15H18N2/c1-27-15-5-3-7-18-29(19-8-4-6-16-27)36-30-20-10-9-17-28(30)25-26-33(36)37(2)31-21-11-13-23-34(31)38-35-24-14-12-22-32(35)37;1-2-3-4-5-6-10-13-15(17-16)14-11-8-7-9-12-14/h3-26H,1-2H3;2-13,17H,16H2,1H3/b5-3-,6-4?,7-3?,8-4+,15-5?,16-6+,18-7-,19-8?,27-15-,27-16?,29-18?,29-19+;3-2+,5-4-,10-6-,15-13-. The predicted molar refractivity (Wildman–Crippen MR) is 236 cm³/mol. The van der Waals surface area contributed by atoms with E-state index in [1.54, 1.807) is 0 Å². The number of para-hydroxylation sites is 2. The van der Waals surface area contributed by atoms with Crippen LogP contribution in [0.1, 0.15) is 48.6 Å². The number of nitrogens with two attached hydrogens (primary N) is 1. The second-order valence-electron chi connectivity index (χ2n) is 13.3. The molecule has 2 aliphatic rings. The van der Waals surface area contributed by atoms with Crippen LogP contribution in [0.4, 0.5) is 0 Å². The van der Waals surface area contributed by atoms with Crippen molar-refractivity contribution in [3.8, 4) is 11.5 Å². The van der Waals surface area contributed by atoms with Gasteiger partial charge in [0.2, 0.25) is 0 Å². The number of rotatable bonds is 7. The van der Waals surface area contributed by atoms with E-state index >= 15 is 0 Å². The molecule has 7 rings (SSSR count). The number of hydrazine groups is 1. The summed E-state index contributed by atoms with van der Waals surface area (Å²) in [6, 6.07) is 40.1. The molecule has 5 aromatic carbocycles. The minimum absolute atomic E-state index is 0.414. The molecule has 1 aliphatic carbocycles. The summed E-state index contributed by atoms with van der Waals surface area (Å²) in [6.07, 6.45) is 35.1. The van der Waals surface area contributed by atoms with Crippen molar-refractivity contribution in [2.75, 3.05) is 0 Å². The van der Waals surface area contributed by atoms with E-state index in [0.29, 0.717) is 0 Å². The largest absolute Gasteiger partial charge is 0.457 e. The summed E-state index contributed by atoms with van der Waals surface area (Å²) in [5.74, 6) is 7.30. The molecular weight excluding hydrogens is 669 g/mol. The molecule has 0 spiro atoms. The quantitative estimate of drug-likeness (QED) is 0.100. The number of hydrogen-bond acceptors (Lipinski definition) is 3. The van der Waals surface area contributed by atoms with Gasteiger partial charge in [0.15, 0.2) is 0 Å². The molecule has 1 heterocycles. The summed E-state index contributed by atoms with van der Waals surface area (Å²) in [4.78, 5) is 0. The smallest absolute Gasteiger partial charge is 0.131 e. The van der Waals surface area contributed by atoms with Crippen LogP contribution in [-0.4, -0.2) is 0 Å². The van der Waals surface area contributed by atoms with E-state index in [2.05, 4.69) is 153 Å². The summed E-state index contributed by atoms with van der Waals surface area (Å²) >= 11 is 0. The van der Waals surface area contributed by atoms with E-state index in [4.69, 9.17) is 10.6 Å². The first-order valence-electron chi connectivity index (χ1n) is 18.7. The van der Waals surface area contributed by atoms with Crippen molar-refractivity contribution in [2.24, 2.45) is 5.84 Å². The van der Waals surface area contributed by atoms with E-state index < -0.39 is 5.41 Å². The normalized spacial score (nSPS) is 19.2. The first-order valence-corrected chi connectivity index (χ1v) is 18.7. The molecule has 3 heteroatoms. The van der Waals surface area contributed by atoms with E-state index in [1.165, 1.54) is 38.6 Å². The van der Waals surface area contributed by atoms with Crippen LogP contribution < -0.4 is 16.0 Å². The molecule has 0 aromatic heterocycles. The number of allylic oxidation sites excluding steroid dienone is 19. The Bertz CT molecular complexity index is 2370. The fourth-order valence-corrected chi connectivity index (χ4v) is 6.93. The van der Waals surface area contributed by atoms with Crippen LogP contribution in [0.15, 0.2) is 224 Å². The van der Waals surface area contributed by atoms with E-state index in [-0.39, 0.29) is 0 Å². The SMILES string of the molecule is C/C=C/C=C\C=C/C=C(\NN)c1ccccc1.CC1=C/C=C\C=C/C(c2c(C3(C)c4ccccc4Oc4ccccc43)ccc3ccccc23)=C\C=C\C=C\1. The molecule has 272 valence electrons. The maximum absolute atomic E-state index is 6.41. The van der Waals surface area contributed by atoms with Gasteiger partial charge in [-0.15, -0.1) is 0 Å². The Morgan fingerprint density at radius 2 is 1.22 bits per heavy atom. The van der Waals surface area contributed by atoms with Crippen molar-refractivity contribution >= 4 is 22.0 Å². The van der Waals surface area contributed by atoms with Gasteiger partial charge in [-0.3, -0.25) is 5.84 Å². The van der Waals surface area contributed by atoms with Crippen LogP contribution in [0.5, 0.6) is 11.5 Å². The van der Waals surface area contributed by atoms with E-state index in [0.717, 1.165) is 28.3 Å². The van der Waals surface area contributed by atoms with E-state index in [1.807, 2.05) is 91.9 Å². The van der Waals surface area contributed by atoms with Gasteiger partial charge >= 0.3 is 0 Å². The maximum atomic E-state index is 6.41. The number of ether oxygens (including phenoxy) is 1. The first kappa shape index (κ1) is 38.1. The van der Waals surface area contributed by atoms with Gasteiger partial charge in [0, 0.05) is 11.1 Å². The van der Waals surface area contributed by atoms with Crippen molar-refractivity contribution in [1.29, 1.82) is 0 Å². The maximum Gasteiger partial charge on any atom is 0.131 e. The summed E-state index contributed by atoms with van der Waals surface area (Å²) in [5, 5.41) is 2.46. The third-order valence-electron chi connectivity index (χ3n) is 9.68. The highest BCUT2D eigenvalue weighted by Gasteiger charge is 2.41. The molecule has 0 radical (unpaired) electrons. The van der Waals surface area contributed by atoms with Gasteiger partial charge in [0.05, 0.1) is 11.1 Å². The summed E-state index contributed by atoms with van der Waals surface area (Å²) in [7, 11) is 0. The van der Waals surface area contributed by atoms with Gasteiger partial charge in [-0.05, 0) is 72.0 Å². The fraction of sp³-hybridized carbons (Fsp3) is 0.0769. The molecule has 0 unspecified atom stereocenters. The Hall–Kier alpha value is -6.68. The predicted octanol–water partition coefficient (Wildman–Crippen LogP) is 13.0. The molecule has 3 nitrogen and oxygen atoms in total. The highest BCUT2D eigenvalue weighted by molar-refractivity contribution is 5.99. The van der Waals surface area contributed by atoms with Crippen molar-refractivity contribution < 1.29 is 4.74 Å². The topological polar surface area (TPSA) is 47.3 Å². The molecule has 0 saturated heterocycles. The first-order chi connectivity index (χ1) is 27.0. The van der Waals surface area contributed by atoms with Gasteiger partial charge in [-0.1, -0.05) is 206 Å². The molecule has 5 aromatic rings. The van der Waals surface area contributed by atoms with Gasteiger partial charge < -0.3 is 10.2 Å². The van der Waals surface area contributed by atoms with Crippen LogP contribution >= 0.6 is 0 Å². The van der Waals surface area contributed by atoms with Crippen LogP contribution in [0, 0.1) is 0 Å². The van der Waals surface area contributed by atoms with Crippen molar-refractivity contribution in [3.05, 3.63) is 252 Å². The number of hydrogen-bond donors (Lipinski definition) is 2. The highest BCUT2D eigenvalue weighted by atomic mass is 16.5. The number of nitrogens with one attached hydrogen (secondary N) is 1. The lowest BCUT2D eigenvalue weighted by Crippen LogP contribution is -2.30. The van der Waals surface area contributed by atoms with Gasteiger partial charge in [-0.25, -0.2) is 0 Å². The summed E-state index contributed by atoms with van der Waals surface area (Å²) in [6.45, 7) is 6.43. The average molecular weight is 717 g/mol. The van der Waals surface area contributed by atoms with Gasteiger partial charge in [0.25, 0.3) is 0 Å². The fourth-order valence-electron chi connectivity index (χ4n) is 6.93. The number of fused-ring (bicyclic) bond motifs is 3. The van der Waals surface area contributed by atoms with Crippen molar-refractivity contribution in [1.82, 2.24) is 5.43 Å². The van der Waals surface area contributed by atoms with Gasteiger partial charge in [-0.2, -0.15) is 0 Å². The Kier molecular flexibility index (Phi) is 13.1. The van der Waals surface area contributed by atoms with Gasteiger partial charge in [0.1, 0.15) is 11.5 Å². The highest BCUT2D eigenvalue weighted by Crippen LogP contribution is 2.53. The lowest BCUT2D eigenvalue weighted by molar-refractivity contribution is 0.427.